The normalized spacial score (nSPS) is 15.6. The van der Waals surface area contributed by atoms with Gasteiger partial charge in [0.05, 0.1) is 21.3 Å². The standard InChI is InChI=1S/C20H36P/c1-9-17(10-2)21(18(11-3)12-4,19(13-5)14-6)20(15-7)16-8/h9,11,13,15H,10,12,14,16H2,1-8H3/q+1/b17-9-,18-11-,19-13-,20-15-. The summed E-state index contributed by atoms with van der Waals surface area (Å²) in [5.41, 5.74) is 0. The molecule has 0 amide bonds. The van der Waals surface area contributed by atoms with Crippen LogP contribution in [0.2, 0.25) is 0 Å². The molecule has 0 aromatic rings. The summed E-state index contributed by atoms with van der Waals surface area (Å²) >= 11 is 0. The quantitative estimate of drug-likeness (QED) is 0.396. The fourth-order valence-corrected chi connectivity index (χ4v) is 9.31. The Morgan fingerprint density at radius 3 is 0.810 bits per heavy atom. The van der Waals surface area contributed by atoms with Crippen molar-refractivity contribution < 1.29 is 0 Å². The van der Waals surface area contributed by atoms with E-state index in [1.54, 1.807) is 21.3 Å². The summed E-state index contributed by atoms with van der Waals surface area (Å²) in [5, 5.41) is 6.62. The van der Waals surface area contributed by atoms with Gasteiger partial charge >= 0.3 is 0 Å². The molecule has 0 fully saturated rings. The van der Waals surface area contributed by atoms with E-state index in [2.05, 4.69) is 79.7 Å². The van der Waals surface area contributed by atoms with Crippen molar-refractivity contribution in [1.29, 1.82) is 0 Å². The summed E-state index contributed by atoms with van der Waals surface area (Å²) < 4.78 is 0. The van der Waals surface area contributed by atoms with Crippen LogP contribution < -0.4 is 0 Å². The molecule has 0 saturated heterocycles. The molecule has 0 aliphatic rings. The third-order valence-corrected chi connectivity index (χ3v) is 10.2. The van der Waals surface area contributed by atoms with Crippen molar-refractivity contribution in [2.75, 3.05) is 0 Å². The Bertz CT molecular complexity index is 347. The van der Waals surface area contributed by atoms with Gasteiger partial charge in [0, 0.05) is 25.7 Å². The SMILES string of the molecule is C/C=C(/CC)[P+](/C(=C\C)CC)(/C(=C\C)CC)/C(=C\C)CC. The summed E-state index contributed by atoms with van der Waals surface area (Å²) in [6.45, 7) is 18.2. The highest BCUT2D eigenvalue weighted by Crippen LogP contribution is 2.84. The second-order valence-corrected chi connectivity index (χ2v) is 8.84. The van der Waals surface area contributed by atoms with Gasteiger partial charge in [-0.1, -0.05) is 27.7 Å². The molecule has 0 nitrogen and oxygen atoms in total. The predicted octanol–water partition coefficient (Wildman–Crippen LogP) is 8.26. The smallest absolute Gasteiger partial charge is 0.0580 e. The van der Waals surface area contributed by atoms with Crippen LogP contribution in [-0.4, -0.2) is 0 Å². The lowest BCUT2D eigenvalue weighted by Crippen LogP contribution is -2.06. The molecule has 0 aliphatic heterocycles. The van der Waals surface area contributed by atoms with Crippen LogP contribution in [0.5, 0.6) is 0 Å². The van der Waals surface area contributed by atoms with Crippen LogP contribution in [0.25, 0.3) is 0 Å². The monoisotopic (exact) mass is 307 g/mol. The molecule has 0 atom stereocenters. The van der Waals surface area contributed by atoms with Crippen molar-refractivity contribution in [3.63, 3.8) is 0 Å². The number of hydrogen-bond acceptors (Lipinski definition) is 0. The molecule has 0 radical (unpaired) electrons. The lowest BCUT2D eigenvalue weighted by atomic mass is 10.4. The highest BCUT2D eigenvalue weighted by atomic mass is 31.2. The van der Waals surface area contributed by atoms with Gasteiger partial charge in [0.15, 0.2) is 0 Å². The van der Waals surface area contributed by atoms with Gasteiger partial charge in [0.1, 0.15) is 7.26 Å². The van der Waals surface area contributed by atoms with E-state index in [-0.39, 0.29) is 0 Å². The summed E-state index contributed by atoms with van der Waals surface area (Å²) in [7, 11) is -1.49. The van der Waals surface area contributed by atoms with Gasteiger partial charge in [-0.2, -0.15) is 0 Å². The summed E-state index contributed by atoms with van der Waals surface area (Å²) in [4.78, 5) is 0. The van der Waals surface area contributed by atoms with E-state index in [0.29, 0.717) is 0 Å². The molecule has 0 unspecified atom stereocenters. The Kier molecular flexibility index (Phi) is 9.88. The zero-order valence-corrected chi connectivity index (χ0v) is 16.5. The molecule has 0 heterocycles. The summed E-state index contributed by atoms with van der Waals surface area (Å²) in [6, 6.07) is 0. The maximum absolute atomic E-state index is 2.39. The first kappa shape index (κ1) is 20.4. The van der Waals surface area contributed by atoms with Gasteiger partial charge in [-0.3, -0.25) is 0 Å². The van der Waals surface area contributed by atoms with Crippen LogP contribution in [0.15, 0.2) is 45.6 Å². The summed E-state index contributed by atoms with van der Waals surface area (Å²) in [5.74, 6) is 0. The Labute approximate surface area is 134 Å². The van der Waals surface area contributed by atoms with Gasteiger partial charge < -0.3 is 0 Å². The number of rotatable bonds is 8. The van der Waals surface area contributed by atoms with Crippen molar-refractivity contribution >= 4 is 7.26 Å². The fourth-order valence-electron chi connectivity index (χ4n) is 3.65. The van der Waals surface area contributed by atoms with Crippen molar-refractivity contribution in [2.45, 2.75) is 81.1 Å². The highest BCUT2D eigenvalue weighted by Gasteiger charge is 2.50. The largest absolute Gasteiger partial charge is 0.125 e. The molecule has 0 bridgehead atoms. The third-order valence-electron chi connectivity index (χ3n) is 4.51. The Balaban J connectivity index is 6.79. The second-order valence-electron chi connectivity index (χ2n) is 5.21. The van der Waals surface area contributed by atoms with E-state index in [1.165, 1.54) is 0 Å². The van der Waals surface area contributed by atoms with Crippen LogP contribution in [0, 0.1) is 0 Å². The molecule has 0 aliphatic carbocycles. The maximum Gasteiger partial charge on any atom is 0.125 e. The summed E-state index contributed by atoms with van der Waals surface area (Å²) in [6.07, 6.45) is 14.2. The number of allylic oxidation sites excluding steroid dienone is 8. The Hall–Kier alpha value is -0.610. The van der Waals surface area contributed by atoms with Crippen molar-refractivity contribution in [3.8, 4) is 0 Å². The van der Waals surface area contributed by atoms with E-state index in [0.717, 1.165) is 25.7 Å². The highest BCUT2D eigenvalue weighted by molar-refractivity contribution is 7.90. The van der Waals surface area contributed by atoms with Crippen molar-refractivity contribution in [1.82, 2.24) is 0 Å². The minimum absolute atomic E-state index is 1.15. The molecule has 0 saturated carbocycles. The molecule has 0 aromatic heterocycles. The van der Waals surface area contributed by atoms with Gasteiger partial charge in [-0.05, 0) is 52.0 Å². The van der Waals surface area contributed by atoms with Gasteiger partial charge in [0.25, 0.3) is 0 Å². The van der Waals surface area contributed by atoms with Crippen LogP contribution >= 0.6 is 7.26 Å². The first-order valence-corrected chi connectivity index (χ1v) is 10.4. The van der Waals surface area contributed by atoms with E-state index in [1.807, 2.05) is 0 Å². The molecule has 0 N–H and O–H groups in total. The third kappa shape index (κ3) is 3.78. The first-order valence-electron chi connectivity index (χ1n) is 8.60. The minimum Gasteiger partial charge on any atom is -0.0580 e. The van der Waals surface area contributed by atoms with E-state index >= 15 is 0 Å². The van der Waals surface area contributed by atoms with Crippen LogP contribution in [-0.2, 0) is 0 Å². The molecule has 21 heavy (non-hydrogen) atoms. The van der Waals surface area contributed by atoms with Crippen LogP contribution in [0.1, 0.15) is 81.1 Å². The Morgan fingerprint density at radius 1 is 0.524 bits per heavy atom. The lowest BCUT2D eigenvalue weighted by molar-refractivity contribution is 1.10. The van der Waals surface area contributed by atoms with Crippen molar-refractivity contribution in [3.05, 3.63) is 45.6 Å². The zero-order valence-electron chi connectivity index (χ0n) is 15.6. The average molecular weight is 307 g/mol. The van der Waals surface area contributed by atoms with Crippen molar-refractivity contribution in [2.24, 2.45) is 0 Å². The van der Waals surface area contributed by atoms with E-state index < -0.39 is 7.26 Å². The van der Waals surface area contributed by atoms with Crippen LogP contribution in [0.4, 0.5) is 0 Å². The fraction of sp³-hybridized carbons (Fsp3) is 0.600. The molecule has 0 spiro atoms. The maximum atomic E-state index is 2.39. The topological polar surface area (TPSA) is 0 Å². The van der Waals surface area contributed by atoms with Gasteiger partial charge in [-0.15, -0.1) is 0 Å². The predicted molar refractivity (Wildman–Crippen MR) is 103 cm³/mol. The van der Waals surface area contributed by atoms with Crippen LogP contribution in [0.3, 0.4) is 0 Å². The van der Waals surface area contributed by atoms with E-state index in [9.17, 15) is 0 Å². The molecular formula is C20H36P+. The second kappa shape index (κ2) is 10.2. The number of hydrogen-bond donors (Lipinski definition) is 0. The molecule has 0 rings (SSSR count). The van der Waals surface area contributed by atoms with Gasteiger partial charge in [-0.25, -0.2) is 0 Å². The minimum atomic E-state index is -1.49. The first-order chi connectivity index (χ1) is 10.1. The Morgan fingerprint density at radius 2 is 0.714 bits per heavy atom. The molecule has 1 heteroatoms. The lowest BCUT2D eigenvalue weighted by Gasteiger charge is -2.34. The molecule has 120 valence electrons. The molecule has 0 aromatic carbocycles. The molecular weight excluding hydrogens is 271 g/mol. The average Bonchev–Trinajstić information content (AvgIpc) is 2.51. The zero-order chi connectivity index (χ0) is 16.5. The van der Waals surface area contributed by atoms with Gasteiger partial charge in [0.2, 0.25) is 0 Å². The van der Waals surface area contributed by atoms with E-state index in [4.69, 9.17) is 0 Å².